The first kappa shape index (κ1) is 84.0. The lowest BCUT2D eigenvalue weighted by Gasteiger charge is -2.51. The minimum absolute atomic E-state index is 0.346. The second kappa shape index (κ2) is 37.0. The van der Waals surface area contributed by atoms with Crippen LogP contribution >= 0.6 is 0 Å². The maximum absolute atomic E-state index is 12.9. The van der Waals surface area contributed by atoms with E-state index < -0.39 is 315 Å². The molecule has 8 aliphatic rings. The van der Waals surface area contributed by atoms with Crippen LogP contribution in [0.25, 0.3) is 0 Å². The number of hydrogen-bond acceptors (Lipinski definition) is 41. The van der Waals surface area contributed by atoms with Crippen LogP contribution in [0, 0.1) is 0 Å². The lowest BCUT2D eigenvalue weighted by atomic mass is 9.93. The van der Waals surface area contributed by atoms with Gasteiger partial charge in [-0.3, -0.25) is 19.2 Å². The van der Waals surface area contributed by atoms with Crippen molar-refractivity contribution in [3.8, 4) is 0 Å². The van der Waals surface area contributed by atoms with Crippen LogP contribution in [0.15, 0.2) is 0 Å². The molecule has 8 rings (SSSR count). The summed E-state index contributed by atoms with van der Waals surface area (Å²) in [6.45, 7) is -3.90. The predicted molar refractivity (Wildman–Crippen MR) is 316 cm³/mol. The number of ether oxygens (including phenoxy) is 16. The number of amides is 4. The van der Waals surface area contributed by atoms with E-state index in [0.717, 1.165) is 27.7 Å². The van der Waals surface area contributed by atoms with Crippen molar-refractivity contribution in [3.05, 3.63) is 0 Å². The molecule has 40 atom stereocenters. The molecule has 8 heterocycles. The maximum atomic E-state index is 12.9. The van der Waals surface area contributed by atoms with Crippen molar-refractivity contribution in [2.75, 3.05) is 60.0 Å². The van der Waals surface area contributed by atoms with Gasteiger partial charge in [-0.1, -0.05) is 0 Å². The molecule has 0 aromatic heterocycles. The molecule has 102 heavy (non-hydrogen) atoms. The Bertz CT molecular complexity index is 2660. The molecule has 45 nitrogen and oxygen atoms in total. The smallest absolute Gasteiger partial charge is 0.217 e. The van der Waals surface area contributed by atoms with Gasteiger partial charge in [0.1, 0.15) is 195 Å². The number of hydrogen-bond donors (Lipinski definition) is 25. The van der Waals surface area contributed by atoms with E-state index in [0.29, 0.717) is 0 Å². The summed E-state index contributed by atoms with van der Waals surface area (Å²) in [5, 5.41) is 243. The molecule has 8 saturated heterocycles. The first-order valence-electron chi connectivity index (χ1n) is 32.5. The number of carbonyl (C=O) groups excluding carboxylic acids is 4. The molecule has 0 radical (unpaired) electrons. The molecule has 0 spiro atoms. The van der Waals surface area contributed by atoms with Crippen molar-refractivity contribution >= 4 is 23.6 Å². The highest BCUT2D eigenvalue weighted by Gasteiger charge is 2.60. The zero-order valence-electron chi connectivity index (χ0n) is 55.3. The van der Waals surface area contributed by atoms with Crippen molar-refractivity contribution in [2.24, 2.45) is 0 Å². The highest BCUT2D eigenvalue weighted by molar-refractivity contribution is 5.74. The monoisotopic (exact) mass is 1490 g/mol. The molecule has 4 amide bonds. The highest BCUT2D eigenvalue weighted by Crippen LogP contribution is 2.39. The van der Waals surface area contributed by atoms with Gasteiger partial charge < -0.3 is 204 Å². The van der Waals surface area contributed by atoms with Crippen LogP contribution in [0.4, 0.5) is 0 Å². The number of nitrogens with one attached hydrogen (secondary N) is 4. The average Bonchev–Trinajstić information content (AvgIpc) is 0.774. The minimum atomic E-state index is -2.50. The van der Waals surface area contributed by atoms with Crippen LogP contribution in [0.5, 0.6) is 0 Å². The summed E-state index contributed by atoms with van der Waals surface area (Å²) in [5.41, 5.74) is 0. The summed E-state index contributed by atoms with van der Waals surface area (Å²) in [6, 6.07) is -7.10. The predicted octanol–water partition coefficient (Wildman–Crippen LogP) is -17.2. The van der Waals surface area contributed by atoms with E-state index in [4.69, 9.17) is 75.8 Å². The molecule has 0 bridgehead atoms. The summed E-state index contributed by atoms with van der Waals surface area (Å²) in [4.78, 5) is 50.3. The molecular weight excluding hydrogens is 1400 g/mol. The van der Waals surface area contributed by atoms with Gasteiger partial charge in [-0.05, 0) is 0 Å². The van der Waals surface area contributed by atoms with E-state index in [9.17, 15) is 126 Å². The van der Waals surface area contributed by atoms with Gasteiger partial charge in [0.2, 0.25) is 23.6 Å². The molecule has 8 aliphatic heterocycles. The Balaban J connectivity index is 1.13. The Morgan fingerprint density at radius 1 is 0.275 bits per heavy atom. The van der Waals surface area contributed by atoms with E-state index in [1.807, 2.05) is 0 Å². The quantitative estimate of drug-likeness (QED) is 0.0363. The number of methoxy groups -OCH3 is 1. The van der Waals surface area contributed by atoms with Gasteiger partial charge in [-0.25, -0.2) is 0 Å². The Morgan fingerprint density at radius 2 is 0.578 bits per heavy atom. The standard InChI is InChI=1S/C57H96N4O41/c1-14(68)58-26-36(78)44(21(9-65)89-50(26)86)97-52-28(60-16(3)70)37(79)46(23(11-67)93-52)99-55-43(85)47(100-57-49(41(83)32(74)20(8-64)92-57)102-51-27(59-15(2)69)35(77)30(72)18(6-62)90-51)34(76)25(96-55)13-88-56-48(40(82)31(73)19(7-63)91-56)101-53-29(61-17(4)71)38(80)45(22(10-66)94-53)98-54-42(84)39(81)33(75)24(95-54)12-87-5/h18-57,62-67,72-86H,6-13H2,1-5H3,(H,58,68)(H,59,69)(H,60,70)(H,61,71)/t18-,19-,20-,21-,22-,23-,24-,25-,26-,27-,28-,29-,30-,31-,32-,33+,34-,35-,36-,37-,38-,39+,40+,41+,42-,43+,44-,45-,46-,47+,48+,49+,50-,51+,52+,53+,54+,55+,56+,57-/m1/s1. The van der Waals surface area contributed by atoms with Gasteiger partial charge in [-0.2, -0.15) is 0 Å². The minimum Gasteiger partial charge on any atom is -0.394 e. The summed E-state index contributed by atoms with van der Waals surface area (Å²) < 4.78 is 94.1. The van der Waals surface area contributed by atoms with E-state index >= 15 is 0 Å². The number of aliphatic hydroxyl groups excluding tert-OH is 21. The van der Waals surface area contributed by atoms with E-state index in [1.165, 1.54) is 7.11 Å². The van der Waals surface area contributed by atoms with Crippen molar-refractivity contribution in [1.29, 1.82) is 0 Å². The Labute approximate surface area is 578 Å². The molecule has 8 fully saturated rings. The van der Waals surface area contributed by atoms with Gasteiger partial charge in [0.15, 0.2) is 50.3 Å². The summed E-state index contributed by atoms with van der Waals surface area (Å²) >= 11 is 0. The molecule has 0 saturated carbocycles. The van der Waals surface area contributed by atoms with Crippen molar-refractivity contribution in [3.63, 3.8) is 0 Å². The number of rotatable bonds is 27. The van der Waals surface area contributed by atoms with Crippen molar-refractivity contribution in [1.82, 2.24) is 21.3 Å². The Morgan fingerprint density at radius 3 is 1.01 bits per heavy atom. The maximum Gasteiger partial charge on any atom is 0.217 e. The van der Waals surface area contributed by atoms with Gasteiger partial charge in [0, 0.05) is 34.8 Å². The zero-order valence-corrected chi connectivity index (χ0v) is 55.3. The second-order valence-electron chi connectivity index (χ2n) is 25.6. The Hall–Kier alpha value is -3.60. The molecular formula is C57H96N4O41. The van der Waals surface area contributed by atoms with E-state index in [1.54, 1.807) is 0 Å². The lowest BCUT2D eigenvalue weighted by molar-refractivity contribution is -0.396. The first-order chi connectivity index (χ1) is 48.3. The second-order valence-corrected chi connectivity index (χ2v) is 25.6. The normalized spacial score (nSPS) is 48.0. The van der Waals surface area contributed by atoms with Crippen molar-refractivity contribution < 1.29 is 202 Å². The van der Waals surface area contributed by atoms with Crippen LogP contribution in [0.3, 0.4) is 0 Å². The number of carbonyl (C=O) groups is 4. The molecule has 45 heteroatoms. The summed E-state index contributed by atoms with van der Waals surface area (Å²) in [6.07, 6.45) is -72.5. The average molecular weight is 1490 g/mol. The third-order valence-corrected chi connectivity index (χ3v) is 18.4. The highest BCUT2D eigenvalue weighted by atomic mass is 16.8. The molecule has 590 valence electrons. The lowest BCUT2D eigenvalue weighted by Crippen LogP contribution is -2.70. The van der Waals surface area contributed by atoms with Gasteiger partial charge in [0.25, 0.3) is 0 Å². The summed E-state index contributed by atoms with van der Waals surface area (Å²) in [7, 11) is 1.23. The fourth-order valence-electron chi connectivity index (χ4n) is 13.1. The largest absolute Gasteiger partial charge is 0.394 e. The van der Waals surface area contributed by atoms with Crippen molar-refractivity contribution in [2.45, 2.75) is 273 Å². The number of aliphatic hydroxyl groups is 21. The molecule has 0 aromatic carbocycles. The molecule has 0 aliphatic carbocycles. The van der Waals surface area contributed by atoms with Crippen LogP contribution in [0.1, 0.15) is 27.7 Å². The third kappa shape index (κ3) is 18.7. The van der Waals surface area contributed by atoms with E-state index in [2.05, 4.69) is 21.3 Å². The molecule has 0 unspecified atom stereocenters. The van der Waals surface area contributed by atoms with Crippen LogP contribution in [-0.2, 0) is 95.0 Å². The Kier molecular flexibility index (Phi) is 30.5. The topological polar surface area (TPSA) is 689 Å². The fraction of sp³-hybridized carbons (Fsp3) is 0.930. The van der Waals surface area contributed by atoms with Gasteiger partial charge in [0.05, 0.1) is 52.9 Å². The van der Waals surface area contributed by atoms with Crippen LogP contribution < -0.4 is 21.3 Å². The van der Waals surface area contributed by atoms with Crippen LogP contribution in [0.2, 0.25) is 0 Å². The summed E-state index contributed by atoms with van der Waals surface area (Å²) in [5.74, 6) is -3.42. The van der Waals surface area contributed by atoms with Crippen LogP contribution in [-0.4, -0.2) is 436 Å². The SMILES string of the molecule is COC[C@H]1O[C@@H](O[C@H]2[C@H](O)[C@@H](NC(C)=O)[C@H](O[C@@H]3[C@@H](OC[C@H]4O[C@@H](O[C@H]5[C@H](O)[C@@H](NC(C)=O)[C@H](O[C@H]6[C@H](O)[C@@H](NC(C)=O)[C@H](O)O[C@@H]6CO)O[C@@H]5CO)[C@@H](O)[C@@H](O[C@H]5O[C@H](CO)[C@@H](O)[C@H](O)[C@@H]5O[C@@H]5O[C@H](CO)[C@@H](O)[C@H](O)[C@H]5NC(C)=O)[C@@H]4O)O[C@H](CO)[C@@H](O)[C@@H]3O)O[C@@H]2CO)[C@H](O)[C@@H](O)[C@H]1O. The van der Waals surface area contributed by atoms with E-state index in [-0.39, 0.29) is 6.61 Å². The van der Waals surface area contributed by atoms with Gasteiger partial charge >= 0.3 is 0 Å². The zero-order chi connectivity index (χ0) is 75.2. The molecule has 0 aromatic rings. The first-order valence-corrected chi connectivity index (χ1v) is 32.5. The molecule has 25 N–H and O–H groups in total. The van der Waals surface area contributed by atoms with Gasteiger partial charge in [-0.15, -0.1) is 0 Å². The fourth-order valence-corrected chi connectivity index (χ4v) is 13.1. The third-order valence-electron chi connectivity index (χ3n) is 18.4.